The maximum atomic E-state index is 12.2. The third kappa shape index (κ3) is 16.2. The molecule has 0 unspecified atom stereocenters. The van der Waals surface area contributed by atoms with Crippen LogP contribution in [0.1, 0.15) is 104 Å². The van der Waals surface area contributed by atoms with Crippen molar-refractivity contribution in [3.63, 3.8) is 0 Å². The fourth-order valence-corrected chi connectivity index (χ4v) is 3.21. The molecule has 0 radical (unpaired) electrons. The summed E-state index contributed by atoms with van der Waals surface area (Å²) in [5.74, 6) is -1.54. The van der Waals surface area contributed by atoms with Gasteiger partial charge in [-0.05, 0) is 38.5 Å². The highest BCUT2D eigenvalue weighted by Crippen LogP contribution is 2.16. The fourth-order valence-electron chi connectivity index (χ4n) is 3.21. The first-order valence-corrected chi connectivity index (χ1v) is 12.1. The summed E-state index contributed by atoms with van der Waals surface area (Å²) in [7, 11) is 0. The molecular formula is C26H46O4. The van der Waals surface area contributed by atoms with Gasteiger partial charge in [-0.25, -0.2) is 0 Å². The number of unbranched alkanes of at least 4 members (excludes halogenated alkanes) is 12. The van der Waals surface area contributed by atoms with E-state index in [1.165, 1.54) is 51.4 Å². The van der Waals surface area contributed by atoms with Gasteiger partial charge in [0.2, 0.25) is 0 Å². The molecule has 30 heavy (non-hydrogen) atoms. The lowest BCUT2D eigenvalue weighted by Crippen LogP contribution is -2.29. The van der Waals surface area contributed by atoms with Gasteiger partial charge in [-0.15, -0.1) is 13.2 Å². The number of carbonyl (C=O) groups excluding carboxylic acids is 2. The Labute approximate surface area is 185 Å². The second kappa shape index (κ2) is 20.7. The highest BCUT2D eigenvalue weighted by atomic mass is 16.5. The van der Waals surface area contributed by atoms with Crippen LogP contribution in [0.5, 0.6) is 0 Å². The third-order valence-corrected chi connectivity index (χ3v) is 5.59. The molecule has 0 rings (SSSR count). The van der Waals surface area contributed by atoms with Gasteiger partial charge in [0.15, 0.2) is 0 Å². The lowest BCUT2D eigenvalue weighted by Gasteiger charge is -2.17. The van der Waals surface area contributed by atoms with Gasteiger partial charge in [0.05, 0.1) is 25.0 Å². The van der Waals surface area contributed by atoms with Crippen LogP contribution in [0.4, 0.5) is 0 Å². The minimum absolute atomic E-state index is 0.301. The van der Waals surface area contributed by atoms with Crippen molar-refractivity contribution < 1.29 is 19.1 Å². The molecule has 0 aromatic carbocycles. The Morgan fingerprint density at radius 2 is 0.900 bits per heavy atom. The zero-order valence-electron chi connectivity index (χ0n) is 19.7. The quantitative estimate of drug-likeness (QED) is 0.112. The van der Waals surface area contributed by atoms with Crippen molar-refractivity contribution in [1.29, 1.82) is 0 Å². The number of rotatable bonds is 21. The van der Waals surface area contributed by atoms with Gasteiger partial charge in [-0.1, -0.05) is 77.4 Å². The summed E-state index contributed by atoms with van der Waals surface area (Å²) in [5.41, 5.74) is 0. The summed E-state index contributed by atoms with van der Waals surface area (Å²) in [5, 5.41) is 0. The van der Waals surface area contributed by atoms with Crippen molar-refractivity contribution in [2.45, 2.75) is 104 Å². The Morgan fingerprint density at radius 1 is 0.600 bits per heavy atom. The lowest BCUT2D eigenvalue weighted by molar-refractivity contribution is -0.159. The maximum Gasteiger partial charge on any atom is 0.309 e. The van der Waals surface area contributed by atoms with E-state index in [0.717, 1.165) is 38.5 Å². The molecule has 4 nitrogen and oxygen atoms in total. The van der Waals surface area contributed by atoms with E-state index in [-0.39, 0.29) is 11.9 Å². The smallest absolute Gasteiger partial charge is 0.309 e. The van der Waals surface area contributed by atoms with Crippen LogP contribution in [0.3, 0.4) is 0 Å². The number of esters is 2. The van der Waals surface area contributed by atoms with Crippen molar-refractivity contribution in [3.8, 4) is 0 Å². The Bertz CT molecular complexity index is 416. The van der Waals surface area contributed by atoms with Crippen LogP contribution >= 0.6 is 0 Å². The molecule has 0 amide bonds. The third-order valence-electron chi connectivity index (χ3n) is 5.59. The van der Waals surface area contributed by atoms with Crippen molar-refractivity contribution in [3.05, 3.63) is 25.3 Å². The number of allylic oxidation sites excluding steroid dienone is 2. The van der Waals surface area contributed by atoms with E-state index in [1.807, 2.05) is 12.2 Å². The van der Waals surface area contributed by atoms with E-state index in [1.54, 1.807) is 13.8 Å². The summed E-state index contributed by atoms with van der Waals surface area (Å²) in [6, 6.07) is 0. The van der Waals surface area contributed by atoms with Crippen LogP contribution in [-0.2, 0) is 19.1 Å². The van der Waals surface area contributed by atoms with Crippen molar-refractivity contribution in [2.75, 3.05) is 13.2 Å². The van der Waals surface area contributed by atoms with Gasteiger partial charge in [-0.2, -0.15) is 0 Å². The summed E-state index contributed by atoms with van der Waals surface area (Å²) >= 11 is 0. The highest BCUT2D eigenvalue weighted by Gasteiger charge is 2.28. The minimum atomic E-state index is -0.471. The molecule has 0 aromatic rings. The molecule has 4 heteroatoms. The van der Waals surface area contributed by atoms with E-state index < -0.39 is 11.8 Å². The number of hydrogen-bond acceptors (Lipinski definition) is 4. The molecular weight excluding hydrogens is 376 g/mol. The standard InChI is InChI=1S/C26H46O4/c1-5-7-9-11-13-15-17-19-21-29-25(27)23(3)24(4)26(28)30-22-20-18-16-14-12-10-8-6-2/h5-6,23-24H,1-2,7-22H2,3-4H3/t23-,24-/m1/s1. The lowest BCUT2D eigenvalue weighted by atomic mass is 9.96. The molecule has 0 heterocycles. The normalized spacial score (nSPS) is 12.7. The van der Waals surface area contributed by atoms with Crippen LogP contribution in [0.15, 0.2) is 25.3 Å². The molecule has 0 aliphatic carbocycles. The van der Waals surface area contributed by atoms with Crippen molar-refractivity contribution in [2.24, 2.45) is 11.8 Å². The summed E-state index contributed by atoms with van der Waals surface area (Å²) < 4.78 is 10.7. The first kappa shape index (κ1) is 28.4. The zero-order chi connectivity index (χ0) is 22.5. The highest BCUT2D eigenvalue weighted by molar-refractivity contribution is 5.81. The molecule has 174 valence electrons. The Kier molecular flexibility index (Phi) is 19.6. The second-order valence-electron chi connectivity index (χ2n) is 8.31. The van der Waals surface area contributed by atoms with E-state index in [2.05, 4.69) is 13.2 Å². The number of hydrogen-bond donors (Lipinski definition) is 0. The fraction of sp³-hybridized carbons (Fsp3) is 0.769. The molecule has 2 atom stereocenters. The second-order valence-corrected chi connectivity index (χ2v) is 8.31. The van der Waals surface area contributed by atoms with Crippen LogP contribution < -0.4 is 0 Å². The van der Waals surface area contributed by atoms with Crippen LogP contribution in [0, 0.1) is 11.8 Å². The van der Waals surface area contributed by atoms with Gasteiger partial charge in [0.25, 0.3) is 0 Å². The Balaban J connectivity index is 3.71. The molecule has 0 aromatic heterocycles. The first-order valence-electron chi connectivity index (χ1n) is 12.1. The summed E-state index contributed by atoms with van der Waals surface area (Å²) in [6.45, 7) is 11.8. The van der Waals surface area contributed by atoms with Crippen LogP contribution in [-0.4, -0.2) is 25.2 Å². The van der Waals surface area contributed by atoms with Gasteiger partial charge >= 0.3 is 11.9 Å². The van der Waals surface area contributed by atoms with Crippen LogP contribution in [0.2, 0.25) is 0 Å². The van der Waals surface area contributed by atoms with Crippen molar-refractivity contribution >= 4 is 11.9 Å². The van der Waals surface area contributed by atoms with Gasteiger partial charge in [0, 0.05) is 0 Å². The average molecular weight is 423 g/mol. The van der Waals surface area contributed by atoms with Gasteiger partial charge in [-0.3, -0.25) is 9.59 Å². The largest absolute Gasteiger partial charge is 0.465 e. The monoisotopic (exact) mass is 422 g/mol. The van der Waals surface area contributed by atoms with E-state index in [0.29, 0.717) is 13.2 Å². The molecule has 0 aliphatic heterocycles. The van der Waals surface area contributed by atoms with Crippen molar-refractivity contribution in [1.82, 2.24) is 0 Å². The topological polar surface area (TPSA) is 52.6 Å². The van der Waals surface area contributed by atoms with E-state index in [4.69, 9.17) is 9.47 Å². The molecule has 0 fully saturated rings. The van der Waals surface area contributed by atoms with E-state index >= 15 is 0 Å². The first-order chi connectivity index (χ1) is 14.5. The zero-order valence-corrected chi connectivity index (χ0v) is 19.7. The van der Waals surface area contributed by atoms with Gasteiger partial charge in [0.1, 0.15) is 0 Å². The average Bonchev–Trinajstić information content (AvgIpc) is 2.75. The number of ether oxygens (including phenoxy) is 2. The molecule has 0 saturated heterocycles. The molecule has 0 bridgehead atoms. The van der Waals surface area contributed by atoms with E-state index in [9.17, 15) is 9.59 Å². The molecule has 0 aliphatic rings. The number of carbonyl (C=O) groups is 2. The molecule has 0 N–H and O–H groups in total. The predicted octanol–water partition coefficient (Wildman–Crippen LogP) is 7.18. The van der Waals surface area contributed by atoms with Gasteiger partial charge < -0.3 is 9.47 Å². The maximum absolute atomic E-state index is 12.2. The summed E-state index contributed by atoms with van der Waals surface area (Å²) in [6.07, 6.45) is 19.7. The SMILES string of the molecule is C=CCCCCCCCCOC(=O)[C@H](C)[C@@H](C)C(=O)OCCCCCCCCC=C. The predicted molar refractivity (Wildman–Crippen MR) is 125 cm³/mol. The summed E-state index contributed by atoms with van der Waals surface area (Å²) in [4.78, 5) is 24.3. The van der Waals surface area contributed by atoms with Crippen LogP contribution in [0.25, 0.3) is 0 Å². The Hall–Kier alpha value is -1.58. The molecule has 0 spiro atoms. The molecule has 0 saturated carbocycles. The minimum Gasteiger partial charge on any atom is -0.465 e. The Morgan fingerprint density at radius 3 is 1.23 bits per heavy atom.